The summed E-state index contributed by atoms with van der Waals surface area (Å²) in [6, 6.07) is 19.5. The summed E-state index contributed by atoms with van der Waals surface area (Å²) in [6.07, 6.45) is 0. The molecule has 0 fully saturated rings. The first-order chi connectivity index (χ1) is 13.0. The number of fused-ring (bicyclic) bond motifs is 1. The Balaban J connectivity index is 1.93. The fourth-order valence-electron chi connectivity index (χ4n) is 3.01. The maximum Gasteiger partial charge on any atom is 0.223 e. The Kier molecular flexibility index (Phi) is 4.01. The number of aromatic nitrogens is 2. The maximum absolute atomic E-state index is 11.6. The molecule has 0 aliphatic rings. The first-order valence-electron chi connectivity index (χ1n) is 8.40. The van der Waals surface area contributed by atoms with Crippen molar-refractivity contribution in [2.75, 3.05) is 5.32 Å². The molecule has 0 spiro atoms. The Labute approximate surface area is 155 Å². The number of benzene rings is 3. The van der Waals surface area contributed by atoms with Crippen LogP contribution in [-0.4, -0.2) is 25.7 Å². The highest BCUT2D eigenvalue weighted by molar-refractivity contribution is 5.92. The number of aromatic hydroxyl groups is 2. The van der Waals surface area contributed by atoms with E-state index in [9.17, 15) is 15.0 Å². The van der Waals surface area contributed by atoms with Crippen molar-refractivity contribution in [3.63, 3.8) is 0 Å². The van der Waals surface area contributed by atoms with Crippen LogP contribution in [0.4, 0.5) is 5.95 Å². The number of anilines is 1. The van der Waals surface area contributed by atoms with Gasteiger partial charge in [-0.3, -0.25) is 14.7 Å². The van der Waals surface area contributed by atoms with Gasteiger partial charge in [-0.05, 0) is 59.7 Å². The number of hydrogen-bond acceptors (Lipinski definition) is 4. The van der Waals surface area contributed by atoms with Crippen LogP contribution in [0.3, 0.4) is 0 Å². The van der Waals surface area contributed by atoms with Crippen molar-refractivity contribution in [2.24, 2.45) is 0 Å². The number of carbonyl (C=O) groups excluding carboxylic acids is 1. The fraction of sp³-hybridized carbons (Fsp3) is 0.0476. The first kappa shape index (κ1) is 16.7. The summed E-state index contributed by atoms with van der Waals surface area (Å²) < 4.78 is 1.83. The predicted octanol–water partition coefficient (Wildman–Crippen LogP) is 4.06. The molecular formula is C21H17N3O3. The van der Waals surface area contributed by atoms with Crippen LogP contribution >= 0.6 is 0 Å². The van der Waals surface area contributed by atoms with Gasteiger partial charge in [0.2, 0.25) is 11.9 Å². The summed E-state index contributed by atoms with van der Waals surface area (Å²) in [6.45, 7) is 1.43. The number of carbonyl (C=O) groups is 1. The topological polar surface area (TPSA) is 87.4 Å². The number of hydrogen-bond donors (Lipinski definition) is 3. The molecule has 1 amide bonds. The van der Waals surface area contributed by atoms with Crippen LogP contribution in [0.15, 0.2) is 66.7 Å². The van der Waals surface area contributed by atoms with Gasteiger partial charge in [0.1, 0.15) is 11.5 Å². The third-order valence-corrected chi connectivity index (χ3v) is 4.25. The van der Waals surface area contributed by atoms with Gasteiger partial charge in [0, 0.05) is 12.6 Å². The monoisotopic (exact) mass is 359 g/mol. The zero-order valence-corrected chi connectivity index (χ0v) is 14.5. The van der Waals surface area contributed by atoms with E-state index in [2.05, 4.69) is 10.3 Å². The van der Waals surface area contributed by atoms with Crippen LogP contribution in [0, 0.1) is 0 Å². The molecule has 0 radical (unpaired) electrons. The number of phenols is 2. The summed E-state index contributed by atoms with van der Waals surface area (Å²) in [5.74, 6) is 0.561. The van der Waals surface area contributed by atoms with E-state index in [0.717, 1.165) is 27.8 Å². The second-order valence-corrected chi connectivity index (χ2v) is 6.22. The summed E-state index contributed by atoms with van der Waals surface area (Å²) in [5.41, 5.74) is 4.22. The minimum atomic E-state index is -0.218. The highest BCUT2D eigenvalue weighted by atomic mass is 16.3. The van der Waals surface area contributed by atoms with E-state index >= 15 is 0 Å². The molecule has 4 rings (SSSR count). The van der Waals surface area contributed by atoms with E-state index in [0.29, 0.717) is 5.95 Å². The SMILES string of the molecule is CC(=O)Nc1nc2ccc(-c3ccc(O)cc3)cc2n1-c1ccc(O)cc1. The number of amides is 1. The van der Waals surface area contributed by atoms with Crippen molar-refractivity contribution in [3.05, 3.63) is 66.7 Å². The lowest BCUT2D eigenvalue weighted by molar-refractivity contribution is -0.114. The number of rotatable bonds is 3. The zero-order chi connectivity index (χ0) is 19.0. The predicted molar refractivity (Wildman–Crippen MR) is 104 cm³/mol. The molecule has 0 bridgehead atoms. The quantitative estimate of drug-likeness (QED) is 0.515. The maximum atomic E-state index is 11.6. The van der Waals surface area contributed by atoms with E-state index in [4.69, 9.17) is 0 Å². The van der Waals surface area contributed by atoms with Crippen LogP contribution in [0.25, 0.3) is 27.8 Å². The largest absolute Gasteiger partial charge is 0.508 e. The minimum absolute atomic E-state index is 0.161. The van der Waals surface area contributed by atoms with Gasteiger partial charge >= 0.3 is 0 Å². The number of phenolic OH excluding ortho intramolecular Hbond substituents is 2. The average Bonchev–Trinajstić information content (AvgIpc) is 2.99. The Morgan fingerprint density at radius 2 is 1.48 bits per heavy atom. The molecular weight excluding hydrogens is 342 g/mol. The second-order valence-electron chi connectivity index (χ2n) is 6.22. The van der Waals surface area contributed by atoms with Crippen LogP contribution < -0.4 is 5.32 Å². The molecule has 27 heavy (non-hydrogen) atoms. The van der Waals surface area contributed by atoms with Crippen molar-refractivity contribution in [1.29, 1.82) is 0 Å². The molecule has 4 aromatic rings. The third-order valence-electron chi connectivity index (χ3n) is 4.25. The molecule has 0 aliphatic heterocycles. The van der Waals surface area contributed by atoms with E-state index in [1.807, 2.05) is 34.9 Å². The third kappa shape index (κ3) is 3.20. The summed E-state index contributed by atoms with van der Waals surface area (Å²) in [4.78, 5) is 16.1. The lowest BCUT2D eigenvalue weighted by atomic mass is 10.0. The van der Waals surface area contributed by atoms with E-state index < -0.39 is 0 Å². The van der Waals surface area contributed by atoms with Crippen molar-refractivity contribution < 1.29 is 15.0 Å². The molecule has 0 aliphatic carbocycles. The van der Waals surface area contributed by atoms with Crippen molar-refractivity contribution in [1.82, 2.24) is 9.55 Å². The van der Waals surface area contributed by atoms with Gasteiger partial charge < -0.3 is 10.2 Å². The lowest BCUT2D eigenvalue weighted by Crippen LogP contribution is -2.11. The van der Waals surface area contributed by atoms with Crippen LogP contribution in [0.5, 0.6) is 11.5 Å². The van der Waals surface area contributed by atoms with Crippen molar-refractivity contribution in [2.45, 2.75) is 6.92 Å². The molecule has 1 heterocycles. The van der Waals surface area contributed by atoms with Crippen LogP contribution in [0.2, 0.25) is 0 Å². The Bertz CT molecular complexity index is 1130. The average molecular weight is 359 g/mol. The van der Waals surface area contributed by atoms with Gasteiger partial charge in [0.15, 0.2) is 0 Å². The van der Waals surface area contributed by atoms with Gasteiger partial charge in [-0.25, -0.2) is 4.98 Å². The number of nitrogens with one attached hydrogen (secondary N) is 1. The summed E-state index contributed by atoms with van der Waals surface area (Å²) >= 11 is 0. The first-order valence-corrected chi connectivity index (χ1v) is 8.40. The van der Waals surface area contributed by atoms with Crippen molar-refractivity contribution in [3.8, 4) is 28.3 Å². The molecule has 0 atom stereocenters. The van der Waals surface area contributed by atoms with Crippen LogP contribution in [0.1, 0.15) is 6.92 Å². The van der Waals surface area contributed by atoms with E-state index in [1.54, 1.807) is 36.4 Å². The fourth-order valence-corrected chi connectivity index (χ4v) is 3.01. The Hall–Kier alpha value is -3.80. The minimum Gasteiger partial charge on any atom is -0.508 e. The lowest BCUT2D eigenvalue weighted by Gasteiger charge is -2.10. The molecule has 3 N–H and O–H groups in total. The highest BCUT2D eigenvalue weighted by Gasteiger charge is 2.14. The standard InChI is InChI=1S/C21H17N3O3/c1-13(25)22-21-23-19-11-4-15(14-2-7-17(26)8-3-14)12-20(19)24(21)16-5-9-18(27)10-6-16/h2-12,26-27H,1H3,(H,22,23,25). The molecule has 6 heteroatoms. The summed E-state index contributed by atoms with van der Waals surface area (Å²) in [5, 5.41) is 21.8. The van der Waals surface area contributed by atoms with Crippen molar-refractivity contribution >= 4 is 22.9 Å². The van der Waals surface area contributed by atoms with Gasteiger partial charge in [-0.15, -0.1) is 0 Å². The number of imidazole rings is 1. The van der Waals surface area contributed by atoms with Gasteiger partial charge in [-0.1, -0.05) is 18.2 Å². The molecule has 3 aromatic carbocycles. The Morgan fingerprint density at radius 3 is 2.11 bits per heavy atom. The van der Waals surface area contributed by atoms with Crippen LogP contribution in [-0.2, 0) is 4.79 Å². The molecule has 0 saturated carbocycles. The molecule has 0 unspecified atom stereocenters. The Morgan fingerprint density at radius 1 is 0.889 bits per heavy atom. The normalized spacial score (nSPS) is 10.9. The highest BCUT2D eigenvalue weighted by Crippen LogP contribution is 2.30. The molecule has 0 saturated heterocycles. The smallest absolute Gasteiger partial charge is 0.223 e. The van der Waals surface area contributed by atoms with E-state index in [-0.39, 0.29) is 17.4 Å². The molecule has 1 aromatic heterocycles. The van der Waals surface area contributed by atoms with Gasteiger partial charge in [0.05, 0.1) is 11.0 Å². The second kappa shape index (κ2) is 6.49. The number of nitrogens with zero attached hydrogens (tertiary/aromatic N) is 2. The summed E-state index contributed by atoms with van der Waals surface area (Å²) in [7, 11) is 0. The molecule has 134 valence electrons. The van der Waals surface area contributed by atoms with Gasteiger partial charge in [-0.2, -0.15) is 0 Å². The zero-order valence-electron chi connectivity index (χ0n) is 14.5. The molecule has 6 nitrogen and oxygen atoms in total. The van der Waals surface area contributed by atoms with Gasteiger partial charge in [0.25, 0.3) is 0 Å². The van der Waals surface area contributed by atoms with E-state index in [1.165, 1.54) is 6.92 Å².